The Bertz CT molecular complexity index is 459. The van der Waals surface area contributed by atoms with Crippen LogP contribution < -0.4 is 5.32 Å². The van der Waals surface area contributed by atoms with Crippen molar-refractivity contribution in [3.05, 3.63) is 33.9 Å². The minimum atomic E-state index is -0.327. The highest BCUT2D eigenvalue weighted by Crippen LogP contribution is 2.29. The molecule has 1 rings (SSSR count). The summed E-state index contributed by atoms with van der Waals surface area (Å²) >= 11 is 0. The molecule has 0 spiro atoms. The monoisotopic (exact) mass is 293 g/mol. The van der Waals surface area contributed by atoms with Gasteiger partial charge in [-0.25, -0.2) is 0 Å². The lowest BCUT2D eigenvalue weighted by Gasteiger charge is -2.26. The van der Waals surface area contributed by atoms with Gasteiger partial charge >= 0.3 is 0 Å². The number of nitro groups is 1. The van der Waals surface area contributed by atoms with Crippen molar-refractivity contribution < 1.29 is 4.92 Å². The molecule has 0 radical (unpaired) electrons. The van der Waals surface area contributed by atoms with Crippen molar-refractivity contribution in [2.45, 2.75) is 40.2 Å². The van der Waals surface area contributed by atoms with Gasteiger partial charge in [0.05, 0.1) is 4.92 Å². The number of hydrogen-bond donors (Lipinski definition) is 1. The van der Waals surface area contributed by atoms with E-state index in [0.29, 0.717) is 11.6 Å². The molecule has 0 fully saturated rings. The van der Waals surface area contributed by atoms with Crippen LogP contribution in [0.1, 0.15) is 39.2 Å². The summed E-state index contributed by atoms with van der Waals surface area (Å²) in [6.07, 6.45) is 2.33. The Morgan fingerprint density at radius 3 is 2.43 bits per heavy atom. The number of anilines is 1. The first-order chi connectivity index (χ1) is 10.1. The molecular weight excluding hydrogens is 266 g/mol. The number of rotatable bonds is 9. The topological polar surface area (TPSA) is 58.4 Å². The third-order valence-electron chi connectivity index (χ3n) is 4.09. The normalized spacial score (nSPS) is 11.1. The molecule has 0 saturated heterocycles. The van der Waals surface area contributed by atoms with Crippen molar-refractivity contribution in [1.29, 1.82) is 0 Å². The van der Waals surface area contributed by atoms with Crippen molar-refractivity contribution in [2.24, 2.45) is 5.92 Å². The summed E-state index contributed by atoms with van der Waals surface area (Å²) < 4.78 is 0. The molecule has 0 atom stereocenters. The molecule has 0 bridgehead atoms. The number of nitro benzene ring substituents is 1. The lowest BCUT2D eigenvalue weighted by atomic mass is 10.0. The molecule has 0 amide bonds. The summed E-state index contributed by atoms with van der Waals surface area (Å²) in [5.74, 6) is 0.682. The minimum Gasteiger partial charge on any atom is -0.382 e. The van der Waals surface area contributed by atoms with Gasteiger partial charge in [-0.1, -0.05) is 45.7 Å². The predicted octanol–water partition coefficient (Wildman–Crippen LogP) is 3.89. The second kappa shape index (κ2) is 8.62. The fraction of sp³-hybridized carbons (Fsp3) is 0.625. The number of benzene rings is 1. The lowest BCUT2D eigenvalue weighted by molar-refractivity contribution is -0.384. The number of nitrogens with zero attached hydrogens (tertiary/aromatic N) is 2. The molecule has 5 nitrogen and oxygen atoms in total. The Hall–Kier alpha value is -1.62. The standard InChI is InChI=1S/C16H27N3O2/c1-5-13(6-2)11-18(7-3)12-14-9-8-10-15(19(20)21)16(14)17-4/h8-10,13,17H,5-7,11-12H2,1-4H3. The molecule has 0 aliphatic rings. The van der Waals surface area contributed by atoms with E-state index in [1.165, 1.54) is 12.8 Å². The van der Waals surface area contributed by atoms with Crippen LogP contribution in [0.3, 0.4) is 0 Å². The molecule has 21 heavy (non-hydrogen) atoms. The van der Waals surface area contributed by atoms with Gasteiger partial charge in [0.15, 0.2) is 0 Å². The summed E-state index contributed by atoms with van der Waals surface area (Å²) in [5, 5.41) is 14.1. The van der Waals surface area contributed by atoms with Crippen LogP contribution in [0.2, 0.25) is 0 Å². The van der Waals surface area contributed by atoms with Crippen LogP contribution in [0, 0.1) is 16.0 Å². The van der Waals surface area contributed by atoms with E-state index in [1.54, 1.807) is 19.2 Å². The van der Waals surface area contributed by atoms with Crippen molar-refractivity contribution in [1.82, 2.24) is 4.90 Å². The van der Waals surface area contributed by atoms with E-state index in [2.05, 4.69) is 31.0 Å². The SMILES string of the molecule is CCC(CC)CN(CC)Cc1cccc([N+](=O)[O-])c1NC. The second-order valence-electron chi connectivity index (χ2n) is 5.33. The smallest absolute Gasteiger partial charge is 0.292 e. The third kappa shape index (κ3) is 4.70. The molecule has 118 valence electrons. The molecule has 0 unspecified atom stereocenters. The van der Waals surface area contributed by atoms with Crippen LogP contribution in [0.4, 0.5) is 11.4 Å². The molecule has 0 aliphatic heterocycles. The van der Waals surface area contributed by atoms with E-state index in [9.17, 15) is 10.1 Å². The van der Waals surface area contributed by atoms with Gasteiger partial charge in [-0.15, -0.1) is 0 Å². The van der Waals surface area contributed by atoms with Crippen LogP contribution in [0.15, 0.2) is 18.2 Å². The third-order valence-corrected chi connectivity index (χ3v) is 4.09. The van der Waals surface area contributed by atoms with Crippen LogP contribution in [0.25, 0.3) is 0 Å². The first-order valence-corrected chi connectivity index (χ1v) is 7.73. The largest absolute Gasteiger partial charge is 0.382 e. The van der Waals surface area contributed by atoms with Gasteiger partial charge in [-0.05, 0) is 18.0 Å². The van der Waals surface area contributed by atoms with Crippen LogP contribution in [-0.2, 0) is 6.54 Å². The highest BCUT2D eigenvalue weighted by molar-refractivity contribution is 5.66. The van der Waals surface area contributed by atoms with E-state index in [-0.39, 0.29) is 10.6 Å². The predicted molar refractivity (Wildman–Crippen MR) is 87.7 cm³/mol. The molecule has 0 aliphatic carbocycles. The quantitative estimate of drug-likeness (QED) is 0.554. The fourth-order valence-corrected chi connectivity index (χ4v) is 2.62. The maximum absolute atomic E-state index is 11.1. The molecule has 5 heteroatoms. The highest BCUT2D eigenvalue weighted by Gasteiger charge is 2.18. The van der Waals surface area contributed by atoms with Gasteiger partial charge in [0.1, 0.15) is 5.69 Å². The Morgan fingerprint density at radius 2 is 1.95 bits per heavy atom. The molecule has 1 aromatic rings. The van der Waals surface area contributed by atoms with E-state index >= 15 is 0 Å². The molecule has 1 aromatic carbocycles. The Kier molecular flexibility index (Phi) is 7.15. The van der Waals surface area contributed by atoms with Gasteiger partial charge in [-0.3, -0.25) is 15.0 Å². The Morgan fingerprint density at radius 1 is 1.29 bits per heavy atom. The summed E-state index contributed by atoms with van der Waals surface area (Å²) in [6.45, 7) is 9.30. The number of hydrogen-bond acceptors (Lipinski definition) is 4. The maximum atomic E-state index is 11.1. The first kappa shape index (κ1) is 17.4. The fourth-order valence-electron chi connectivity index (χ4n) is 2.62. The average Bonchev–Trinajstić information content (AvgIpc) is 2.50. The molecule has 0 saturated carbocycles. The maximum Gasteiger partial charge on any atom is 0.292 e. The van der Waals surface area contributed by atoms with Crippen molar-refractivity contribution in [3.8, 4) is 0 Å². The second-order valence-corrected chi connectivity index (χ2v) is 5.33. The van der Waals surface area contributed by atoms with Gasteiger partial charge in [0.2, 0.25) is 0 Å². The van der Waals surface area contributed by atoms with Gasteiger partial charge < -0.3 is 5.32 Å². The summed E-state index contributed by atoms with van der Waals surface area (Å²) in [4.78, 5) is 13.1. The summed E-state index contributed by atoms with van der Waals surface area (Å²) in [5.41, 5.74) is 1.76. The summed E-state index contributed by atoms with van der Waals surface area (Å²) in [7, 11) is 1.74. The molecular formula is C16H27N3O2. The first-order valence-electron chi connectivity index (χ1n) is 7.73. The summed E-state index contributed by atoms with van der Waals surface area (Å²) in [6, 6.07) is 5.28. The Balaban J connectivity index is 2.94. The van der Waals surface area contributed by atoms with Gasteiger partial charge in [-0.2, -0.15) is 0 Å². The van der Waals surface area contributed by atoms with E-state index < -0.39 is 0 Å². The van der Waals surface area contributed by atoms with Crippen LogP contribution in [0.5, 0.6) is 0 Å². The van der Waals surface area contributed by atoms with Gasteiger partial charge in [0, 0.05) is 26.2 Å². The van der Waals surface area contributed by atoms with Gasteiger partial charge in [0.25, 0.3) is 5.69 Å². The van der Waals surface area contributed by atoms with E-state index in [0.717, 1.165) is 25.2 Å². The van der Waals surface area contributed by atoms with Crippen LogP contribution >= 0.6 is 0 Å². The van der Waals surface area contributed by atoms with E-state index in [4.69, 9.17) is 0 Å². The Labute approximate surface area is 127 Å². The molecule has 1 N–H and O–H groups in total. The lowest BCUT2D eigenvalue weighted by Crippen LogP contribution is -2.29. The highest BCUT2D eigenvalue weighted by atomic mass is 16.6. The zero-order chi connectivity index (χ0) is 15.8. The van der Waals surface area contributed by atoms with Crippen molar-refractivity contribution in [2.75, 3.05) is 25.5 Å². The molecule has 0 aromatic heterocycles. The number of para-hydroxylation sites is 1. The minimum absolute atomic E-state index is 0.147. The zero-order valence-electron chi connectivity index (χ0n) is 13.6. The van der Waals surface area contributed by atoms with Crippen molar-refractivity contribution in [3.63, 3.8) is 0 Å². The van der Waals surface area contributed by atoms with E-state index in [1.807, 2.05) is 6.07 Å². The zero-order valence-corrected chi connectivity index (χ0v) is 13.6. The van der Waals surface area contributed by atoms with Crippen LogP contribution in [-0.4, -0.2) is 30.0 Å². The average molecular weight is 293 g/mol. The van der Waals surface area contributed by atoms with Crippen molar-refractivity contribution >= 4 is 11.4 Å². The number of nitrogens with one attached hydrogen (secondary N) is 1. The molecule has 0 heterocycles.